The predicted molar refractivity (Wildman–Crippen MR) is 95.9 cm³/mol. The Morgan fingerprint density at radius 3 is 2.67 bits per heavy atom. The Bertz CT molecular complexity index is 702. The van der Waals surface area contributed by atoms with Gasteiger partial charge >= 0.3 is 0 Å². The molecule has 6 heteroatoms. The van der Waals surface area contributed by atoms with Crippen molar-refractivity contribution in [1.29, 1.82) is 0 Å². The number of methoxy groups -OCH3 is 1. The molecule has 0 spiro atoms. The van der Waals surface area contributed by atoms with Crippen LogP contribution in [0.1, 0.15) is 43.9 Å². The monoisotopic (exact) mass is 352 g/mol. The Morgan fingerprint density at radius 2 is 2.04 bits per heavy atom. The van der Waals surface area contributed by atoms with Crippen molar-refractivity contribution < 1.29 is 13.2 Å². The second kappa shape index (κ2) is 6.65. The molecule has 0 amide bonds. The SMILES string of the molecule is COc1ccc2c(c1)CCN1CCC(N(C(C)C)S(C)(=O)=O)CC21. The van der Waals surface area contributed by atoms with Crippen LogP contribution in [0.4, 0.5) is 0 Å². The minimum atomic E-state index is -3.19. The van der Waals surface area contributed by atoms with Crippen molar-refractivity contribution in [3.63, 3.8) is 0 Å². The molecule has 0 aromatic heterocycles. The third kappa shape index (κ3) is 3.32. The number of ether oxygens (including phenoxy) is 1. The molecule has 2 aliphatic rings. The van der Waals surface area contributed by atoms with E-state index in [1.807, 2.05) is 19.9 Å². The second-order valence-corrected chi connectivity index (χ2v) is 9.12. The van der Waals surface area contributed by atoms with Gasteiger partial charge in [0.15, 0.2) is 0 Å². The lowest BCUT2D eigenvalue weighted by Gasteiger charge is -2.46. The van der Waals surface area contributed by atoms with Gasteiger partial charge in [-0.05, 0) is 56.4 Å². The van der Waals surface area contributed by atoms with E-state index in [9.17, 15) is 8.42 Å². The maximum absolute atomic E-state index is 12.3. The summed E-state index contributed by atoms with van der Waals surface area (Å²) in [5, 5.41) is 0. The van der Waals surface area contributed by atoms with Crippen molar-refractivity contribution in [2.45, 2.75) is 51.2 Å². The first kappa shape index (κ1) is 17.7. The summed E-state index contributed by atoms with van der Waals surface area (Å²) in [6.45, 7) is 5.93. The second-order valence-electron chi connectivity index (χ2n) is 7.23. The summed E-state index contributed by atoms with van der Waals surface area (Å²) in [7, 11) is -1.50. The van der Waals surface area contributed by atoms with Crippen LogP contribution in [-0.2, 0) is 16.4 Å². The number of hydrogen-bond donors (Lipinski definition) is 0. The van der Waals surface area contributed by atoms with Gasteiger partial charge in [0.05, 0.1) is 13.4 Å². The quantitative estimate of drug-likeness (QED) is 0.835. The van der Waals surface area contributed by atoms with Crippen LogP contribution in [0.15, 0.2) is 18.2 Å². The van der Waals surface area contributed by atoms with Gasteiger partial charge in [-0.15, -0.1) is 0 Å². The molecular formula is C18H28N2O3S. The molecule has 2 aliphatic heterocycles. The van der Waals surface area contributed by atoms with E-state index in [0.29, 0.717) is 6.04 Å². The van der Waals surface area contributed by atoms with Crippen LogP contribution >= 0.6 is 0 Å². The number of rotatable bonds is 4. The fourth-order valence-electron chi connectivity index (χ4n) is 4.41. The molecular weight excluding hydrogens is 324 g/mol. The highest BCUT2D eigenvalue weighted by atomic mass is 32.2. The topological polar surface area (TPSA) is 49.9 Å². The van der Waals surface area contributed by atoms with Gasteiger partial charge in [-0.25, -0.2) is 8.42 Å². The predicted octanol–water partition coefficient (Wildman–Crippen LogP) is 2.43. The van der Waals surface area contributed by atoms with Gasteiger partial charge in [0, 0.05) is 31.2 Å². The van der Waals surface area contributed by atoms with Crippen molar-refractivity contribution >= 4 is 10.0 Å². The Balaban J connectivity index is 1.89. The van der Waals surface area contributed by atoms with Gasteiger partial charge < -0.3 is 4.74 Å². The van der Waals surface area contributed by atoms with Gasteiger partial charge in [0.25, 0.3) is 0 Å². The van der Waals surface area contributed by atoms with Crippen LogP contribution < -0.4 is 4.74 Å². The molecule has 1 aromatic carbocycles. The average molecular weight is 353 g/mol. The zero-order valence-corrected chi connectivity index (χ0v) is 15.8. The number of sulfonamides is 1. The zero-order valence-electron chi connectivity index (χ0n) is 15.0. The lowest BCUT2D eigenvalue weighted by atomic mass is 9.84. The number of benzene rings is 1. The Labute approximate surface area is 145 Å². The molecule has 0 N–H and O–H groups in total. The summed E-state index contributed by atoms with van der Waals surface area (Å²) in [5.41, 5.74) is 2.68. The van der Waals surface area contributed by atoms with E-state index in [0.717, 1.165) is 38.1 Å². The van der Waals surface area contributed by atoms with Crippen molar-refractivity contribution in [3.05, 3.63) is 29.3 Å². The minimum Gasteiger partial charge on any atom is -0.497 e. The molecule has 2 unspecified atom stereocenters. The van der Waals surface area contributed by atoms with Crippen LogP contribution in [0.25, 0.3) is 0 Å². The summed E-state index contributed by atoms with van der Waals surface area (Å²) in [6, 6.07) is 6.69. The van der Waals surface area contributed by atoms with Crippen LogP contribution in [-0.4, -0.2) is 56.2 Å². The van der Waals surface area contributed by atoms with Gasteiger partial charge in [0.1, 0.15) is 5.75 Å². The van der Waals surface area contributed by atoms with Crippen molar-refractivity contribution in [2.75, 3.05) is 26.5 Å². The smallest absolute Gasteiger partial charge is 0.211 e. The largest absolute Gasteiger partial charge is 0.497 e. The first-order chi connectivity index (χ1) is 11.3. The van der Waals surface area contributed by atoms with E-state index >= 15 is 0 Å². The van der Waals surface area contributed by atoms with Crippen molar-refractivity contribution in [3.8, 4) is 5.75 Å². The lowest BCUT2D eigenvalue weighted by Crippen LogP contribution is -2.51. The number of hydrogen-bond acceptors (Lipinski definition) is 4. The van der Waals surface area contributed by atoms with E-state index in [1.54, 1.807) is 11.4 Å². The Morgan fingerprint density at radius 1 is 1.29 bits per heavy atom. The van der Waals surface area contributed by atoms with Crippen LogP contribution in [0, 0.1) is 0 Å². The highest BCUT2D eigenvalue weighted by molar-refractivity contribution is 7.88. The van der Waals surface area contributed by atoms with E-state index in [-0.39, 0.29) is 12.1 Å². The maximum Gasteiger partial charge on any atom is 0.211 e. The molecule has 1 saturated heterocycles. The lowest BCUT2D eigenvalue weighted by molar-refractivity contribution is 0.0828. The highest BCUT2D eigenvalue weighted by Crippen LogP contribution is 2.40. The number of nitrogens with zero attached hydrogens (tertiary/aromatic N) is 2. The number of piperidine rings is 1. The molecule has 0 radical (unpaired) electrons. The maximum atomic E-state index is 12.3. The highest BCUT2D eigenvalue weighted by Gasteiger charge is 2.39. The van der Waals surface area contributed by atoms with Crippen molar-refractivity contribution in [2.24, 2.45) is 0 Å². The molecule has 1 aromatic rings. The number of fused-ring (bicyclic) bond motifs is 3. The summed E-state index contributed by atoms with van der Waals surface area (Å²) in [6.07, 6.45) is 4.14. The fraction of sp³-hybridized carbons (Fsp3) is 0.667. The van der Waals surface area contributed by atoms with Crippen LogP contribution in [0.5, 0.6) is 5.75 Å². The molecule has 5 nitrogen and oxygen atoms in total. The Hall–Kier alpha value is -1.11. The van der Waals surface area contributed by atoms with E-state index in [1.165, 1.54) is 17.4 Å². The molecule has 2 heterocycles. The normalized spacial score (nSPS) is 24.8. The van der Waals surface area contributed by atoms with Gasteiger partial charge in [0.2, 0.25) is 10.0 Å². The molecule has 1 fully saturated rings. The van der Waals surface area contributed by atoms with Crippen LogP contribution in [0.3, 0.4) is 0 Å². The molecule has 134 valence electrons. The zero-order chi connectivity index (χ0) is 17.5. The molecule has 2 atom stereocenters. The summed E-state index contributed by atoms with van der Waals surface area (Å²) in [4.78, 5) is 2.51. The molecule has 24 heavy (non-hydrogen) atoms. The van der Waals surface area contributed by atoms with Gasteiger partial charge in [-0.2, -0.15) is 4.31 Å². The van der Waals surface area contributed by atoms with E-state index in [2.05, 4.69) is 17.0 Å². The Kier molecular flexibility index (Phi) is 4.91. The van der Waals surface area contributed by atoms with Crippen molar-refractivity contribution in [1.82, 2.24) is 9.21 Å². The molecule has 3 rings (SSSR count). The van der Waals surface area contributed by atoms with Gasteiger partial charge in [-0.1, -0.05) is 6.07 Å². The molecule has 0 saturated carbocycles. The first-order valence-electron chi connectivity index (χ1n) is 8.70. The third-order valence-corrected chi connectivity index (χ3v) is 6.80. The summed E-state index contributed by atoms with van der Waals surface area (Å²) in [5.74, 6) is 0.898. The standard InChI is InChI=1S/C18H28N2O3S/c1-13(2)20(24(4,21)22)15-8-10-19-9-7-14-11-16(23-3)5-6-17(14)18(19)12-15/h5-6,11,13,15,18H,7-10,12H2,1-4H3. The minimum absolute atomic E-state index is 0.00419. The van der Waals surface area contributed by atoms with Gasteiger partial charge in [-0.3, -0.25) is 4.90 Å². The van der Waals surface area contributed by atoms with E-state index < -0.39 is 10.0 Å². The summed E-state index contributed by atoms with van der Waals surface area (Å²) < 4.78 is 31.6. The summed E-state index contributed by atoms with van der Waals surface area (Å²) >= 11 is 0. The third-order valence-electron chi connectivity index (χ3n) is 5.31. The average Bonchev–Trinajstić information content (AvgIpc) is 2.52. The molecule has 0 aliphatic carbocycles. The fourth-order valence-corrected chi connectivity index (χ4v) is 5.91. The first-order valence-corrected chi connectivity index (χ1v) is 10.6. The van der Waals surface area contributed by atoms with Crippen LogP contribution in [0.2, 0.25) is 0 Å². The molecule has 0 bridgehead atoms. The van der Waals surface area contributed by atoms with E-state index in [4.69, 9.17) is 4.74 Å².